The summed E-state index contributed by atoms with van der Waals surface area (Å²) in [6, 6.07) is 0. The highest BCUT2D eigenvalue weighted by Crippen LogP contribution is 2.70. The standard InChI is InChI=1S/C27H37FO7/c1-23(2,3)22(32)35-20(21(31)34-6)26(33)12-10-17-18-8-7-15-13-16(29)9-11-24(15,4)27(18,28)19(30)14-25(17,26)5/h9,11,13,17-20,30,33H,7-8,10,12,14H2,1-6H3/t17-,18-,19-,20+,24-,25-,26-,27-/m0/s1. The Bertz CT molecular complexity index is 1010. The van der Waals surface area contributed by atoms with Crippen LogP contribution in [0.5, 0.6) is 0 Å². The van der Waals surface area contributed by atoms with Gasteiger partial charge >= 0.3 is 11.9 Å². The van der Waals surface area contributed by atoms with Crippen molar-refractivity contribution in [1.82, 2.24) is 0 Å². The van der Waals surface area contributed by atoms with E-state index in [0.717, 1.165) is 7.11 Å². The third-order valence-electron chi connectivity index (χ3n) is 9.54. The van der Waals surface area contributed by atoms with Crippen LogP contribution in [0.2, 0.25) is 0 Å². The van der Waals surface area contributed by atoms with Crippen molar-refractivity contribution >= 4 is 17.7 Å². The Morgan fingerprint density at radius 3 is 2.46 bits per heavy atom. The second kappa shape index (κ2) is 7.97. The van der Waals surface area contributed by atoms with Crippen LogP contribution in [0, 0.1) is 28.1 Å². The van der Waals surface area contributed by atoms with Crippen LogP contribution in [0.25, 0.3) is 0 Å². The van der Waals surface area contributed by atoms with Gasteiger partial charge in [0.25, 0.3) is 0 Å². The van der Waals surface area contributed by atoms with Gasteiger partial charge in [0, 0.05) is 16.7 Å². The number of alkyl halides is 1. The molecule has 4 aliphatic carbocycles. The molecule has 0 aliphatic heterocycles. The van der Waals surface area contributed by atoms with Crippen LogP contribution in [0.3, 0.4) is 0 Å². The number of carbonyl (C=O) groups is 3. The van der Waals surface area contributed by atoms with Gasteiger partial charge in [0.2, 0.25) is 6.10 Å². The first-order valence-electron chi connectivity index (χ1n) is 12.4. The zero-order chi connectivity index (χ0) is 26.2. The van der Waals surface area contributed by atoms with Gasteiger partial charge in [-0.3, -0.25) is 9.59 Å². The van der Waals surface area contributed by atoms with Crippen molar-refractivity contribution in [3.63, 3.8) is 0 Å². The Hall–Kier alpha value is -2.06. The molecule has 0 aromatic heterocycles. The van der Waals surface area contributed by atoms with E-state index < -0.39 is 57.6 Å². The molecule has 0 bridgehead atoms. The predicted octanol–water partition coefficient (Wildman–Crippen LogP) is 3.22. The molecule has 0 spiro atoms. The minimum absolute atomic E-state index is 0.0956. The summed E-state index contributed by atoms with van der Waals surface area (Å²) in [4.78, 5) is 37.6. The highest BCUT2D eigenvalue weighted by molar-refractivity contribution is 6.01. The first kappa shape index (κ1) is 26.0. The van der Waals surface area contributed by atoms with Gasteiger partial charge in [-0.05, 0) is 77.9 Å². The molecule has 2 N–H and O–H groups in total. The number of halogens is 1. The fourth-order valence-electron chi connectivity index (χ4n) is 7.41. The largest absolute Gasteiger partial charge is 0.466 e. The van der Waals surface area contributed by atoms with E-state index in [1.165, 1.54) is 12.2 Å². The summed E-state index contributed by atoms with van der Waals surface area (Å²) in [5.41, 5.74) is -6.41. The van der Waals surface area contributed by atoms with E-state index in [0.29, 0.717) is 24.8 Å². The maximum absolute atomic E-state index is 17.2. The summed E-state index contributed by atoms with van der Waals surface area (Å²) < 4.78 is 27.7. The van der Waals surface area contributed by atoms with E-state index >= 15 is 4.39 Å². The molecule has 4 aliphatic rings. The van der Waals surface area contributed by atoms with E-state index in [4.69, 9.17) is 9.47 Å². The van der Waals surface area contributed by atoms with Crippen molar-refractivity contribution in [3.05, 3.63) is 23.8 Å². The number of hydrogen-bond acceptors (Lipinski definition) is 7. The van der Waals surface area contributed by atoms with Crippen LogP contribution in [0.4, 0.5) is 4.39 Å². The number of aliphatic hydroxyl groups is 2. The molecule has 0 saturated heterocycles. The molecule has 3 fully saturated rings. The molecule has 0 radical (unpaired) electrons. The molecule has 8 atom stereocenters. The molecule has 8 heteroatoms. The maximum Gasteiger partial charge on any atom is 0.350 e. The normalized spacial score (nSPS) is 43.4. The van der Waals surface area contributed by atoms with Gasteiger partial charge in [-0.15, -0.1) is 0 Å². The Morgan fingerprint density at radius 1 is 1.20 bits per heavy atom. The Balaban J connectivity index is 1.76. The molecule has 4 rings (SSSR count). The van der Waals surface area contributed by atoms with Gasteiger partial charge in [-0.25, -0.2) is 9.18 Å². The van der Waals surface area contributed by atoms with Crippen LogP contribution < -0.4 is 0 Å². The van der Waals surface area contributed by atoms with Crippen molar-refractivity contribution in [3.8, 4) is 0 Å². The van der Waals surface area contributed by atoms with Crippen molar-refractivity contribution in [2.24, 2.45) is 28.1 Å². The summed E-state index contributed by atoms with van der Waals surface area (Å²) in [6.07, 6.45) is 2.60. The van der Waals surface area contributed by atoms with E-state index in [-0.39, 0.29) is 24.5 Å². The highest BCUT2D eigenvalue weighted by Gasteiger charge is 2.75. The van der Waals surface area contributed by atoms with Gasteiger partial charge in [0.15, 0.2) is 11.5 Å². The maximum atomic E-state index is 17.2. The molecule has 0 aromatic carbocycles. The molecule has 0 unspecified atom stereocenters. The Morgan fingerprint density at radius 2 is 1.86 bits per heavy atom. The van der Waals surface area contributed by atoms with E-state index in [2.05, 4.69) is 0 Å². The highest BCUT2D eigenvalue weighted by atomic mass is 19.1. The summed E-state index contributed by atoms with van der Waals surface area (Å²) in [5.74, 6) is -2.74. The van der Waals surface area contributed by atoms with Crippen molar-refractivity contribution in [1.29, 1.82) is 0 Å². The second-order valence-electron chi connectivity index (χ2n) is 12.3. The summed E-state index contributed by atoms with van der Waals surface area (Å²) >= 11 is 0. The van der Waals surface area contributed by atoms with Crippen LogP contribution in [0.1, 0.15) is 66.7 Å². The van der Waals surface area contributed by atoms with Crippen LogP contribution in [0.15, 0.2) is 23.8 Å². The first-order valence-corrected chi connectivity index (χ1v) is 12.4. The molecular formula is C27H37FO7. The Labute approximate surface area is 205 Å². The number of methoxy groups -OCH3 is 1. The number of carbonyl (C=O) groups excluding carboxylic acids is 3. The zero-order valence-electron chi connectivity index (χ0n) is 21.4. The average Bonchev–Trinajstić information content (AvgIpc) is 3.03. The van der Waals surface area contributed by atoms with Gasteiger partial charge in [0.05, 0.1) is 18.6 Å². The van der Waals surface area contributed by atoms with Gasteiger partial charge in [0.1, 0.15) is 5.60 Å². The van der Waals surface area contributed by atoms with E-state index in [1.54, 1.807) is 40.7 Å². The minimum atomic E-state index is -2.05. The van der Waals surface area contributed by atoms with Crippen molar-refractivity contribution in [2.75, 3.05) is 7.11 Å². The number of allylic oxidation sites excluding steroid dienone is 4. The topological polar surface area (TPSA) is 110 Å². The number of rotatable bonds is 3. The number of hydrogen-bond donors (Lipinski definition) is 2. The lowest BCUT2D eigenvalue weighted by Gasteiger charge is -2.63. The average molecular weight is 493 g/mol. The fourth-order valence-corrected chi connectivity index (χ4v) is 7.41. The van der Waals surface area contributed by atoms with E-state index in [1.807, 2.05) is 0 Å². The first-order chi connectivity index (χ1) is 16.1. The second-order valence-corrected chi connectivity index (χ2v) is 12.3. The zero-order valence-corrected chi connectivity index (χ0v) is 21.4. The molecule has 194 valence electrons. The van der Waals surface area contributed by atoms with Crippen LogP contribution in [-0.4, -0.2) is 58.5 Å². The molecule has 3 saturated carbocycles. The van der Waals surface area contributed by atoms with Crippen LogP contribution >= 0.6 is 0 Å². The SMILES string of the molecule is COC(=O)[C@@H](OC(=O)C(C)(C)C)[C@@]1(O)CC[C@H]2[C@@H]3CCC4=CC(=O)C=C[C@]4(C)[C@@]3(F)[C@@H](O)C[C@@]21C. The summed E-state index contributed by atoms with van der Waals surface area (Å²) in [5, 5.41) is 23.5. The summed E-state index contributed by atoms with van der Waals surface area (Å²) in [7, 11) is 1.16. The summed E-state index contributed by atoms with van der Waals surface area (Å²) in [6.45, 7) is 8.41. The molecule has 0 aromatic rings. The number of ether oxygens (including phenoxy) is 2. The fraction of sp³-hybridized carbons (Fsp3) is 0.741. The number of aliphatic hydroxyl groups excluding tert-OH is 1. The van der Waals surface area contributed by atoms with Gasteiger partial charge in [-0.1, -0.05) is 18.6 Å². The van der Waals surface area contributed by atoms with Gasteiger partial charge < -0.3 is 19.7 Å². The van der Waals surface area contributed by atoms with Gasteiger partial charge in [-0.2, -0.15) is 0 Å². The smallest absolute Gasteiger partial charge is 0.350 e. The molecule has 35 heavy (non-hydrogen) atoms. The quantitative estimate of drug-likeness (QED) is 0.582. The predicted molar refractivity (Wildman–Crippen MR) is 125 cm³/mol. The van der Waals surface area contributed by atoms with Crippen molar-refractivity contribution < 1.29 is 38.5 Å². The number of ketones is 1. The Kier molecular flexibility index (Phi) is 5.92. The minimum Gasteiger partial charge on any atom is -0.466 e. The lowest BCUT2D eigenvalue weighted by Crippen LogP contribution is -2.70. The lowest BCUT2D eigenvalue weighted by atomic mass is 9.44. The number of fused-ring (bicyclic) bond motifs is 5. The molecule has 7 nitrogen and oxygen atoms in total. The third kappa shape index (κ3) is 3.39. The molecule has 0 heterocycles. The molecular weight excluding hydrogens is 455 g/mol. The number of esters is 2. The molecule has 0 amide bonds. The van der Waals surface area contributed by atoms with Crippen molar-refractivity contribution in [2.45, 2.75) is 90.2 Å². The van der Waals surface area contributed by atoms with E-state index in [9.17, 15) is 24.6 Å². The third-order valence-corrected chi connectivity index (χ3v) is 9.54. The monoisotopic (exact) mass is 492 g/mol. The van der Waals surface area contributed by atoms with Crippen LogP contribution in [-0.2, 0) is 23.9 Å². The lowest BCUT2D eigenvalue weighted by molar-refractivity contribution is -0.242.